The molecule has 1 aromatic carbocycles. The maximum Gasteiger partial charge on any atom is 0.252 e. The van der Waals surface area contributed by atoms with Crippen molar-refractivity contribution in [3.63, 3.8) is 0 Å². The van der Waals surface area contributed by atoms with Gasteiger partial charge in [0.2, 0.25) is 5.91 Å². The summed E-state index contributed by atoms with van der Waals surface area (Å²) in [5.74, 6) is 1.30. The number of hydrogen-bond donors (Lipinski definition) is 2. The summed E-state index contributed by atoms with van der Waals surface area (Å²) >= 11 is 0. The van der Waals surface area contributed by atoms with Crippen LogP contribution in [0.2, 0.25) is 0 Å². The number of rotatable bonds is 5. The molecule has 0 spiro atoms. The Hall–Kier alpha value is -2.63. The summed E-state index contributed by atoms with van der Waals surface area (Å²) in [6.45, 7) is 8.22. The van der Waals surface area contributed by atoms with Crippen molar-refractivity contribution >= 4 is 28.5 Å². The average molecular weight is 409 g/mol. The van der Waals surface area contributed by atoms with Gasteiger partial charge in [-0.15, -0.1) is 0 Å². The number of hydrogen-bond acceptors (Lipinski definition) is 4. The number of nitrogens with zero attached hydrogens (tertiary/aromatic N) is 2. The Kier molecular flexibility index (Phi) is 5.67. The van der Waals surface area contributed by atoms with Gasteiger partial charge in [0.1, 0.15) is 5.82 Å². The highest BCUT2D eigenvalue weighted by Crippen LogP contribution is 2.28. The molecule has 2 amide bonds. The molecule has 0 bridgehead atoms. The molecule has 1 aromatic heterocycles. The third kappa shape index (κ3) is 4.74. The summed E-state index contributed by atoms with van der Waals surface area (Å²) in [5.41, 5.74) is 1.17. The molecule has 2 aromatic rings. The first kappa shape index (κ1) is 20.6. The van der Waals surface area contributed by atoms with E-state index in [0.29, 0.717) is 24.1 Å². The van der Waals surface area contributed by atoms with Crippen LogP contribution in [0.1, 0.15) is 56.8 Å². The van der Waals surface area contributed by atoms with Gasteiger partial charge in [0.05, 0.1) is 11.1 Å². The van der Waals surface area contributed by atoms with Crippen LogP contribution in [0.3, 0.4) is 0 Å². The second-order valence-corrected chi connectivity index (χ2v) is 9.71. The van der Waals surface area contributed by atoms with Crippen LogP contribution in [-0.2, 0) is 4.79 Å². The minimum atomic E-state index is -0.377. The molecule has 1 saturated heterocycles. The van der Waals surface area contributed by atoms with Gasteiger partial charge in [0.15, 0.2) is 0 Å². The number of anilines is 1. The molecule has 1 aliphatic heterocycles. The fourth-order valence-electron chi connectivity index (χ4n) is 3.94. The zero-order valence-corrected chi connectivity index (χ0v) is 18.2. The van der Waals surface area contributed by atoms with E-state index in [9.17, 15) is 9.59 Å². The molecule has 0 radical (unpaired) electrons. The highest BCUT2D eigenvalue weighted by molar-refractivity contribution is 6.07. The van der Waals surface area contributed by atoms with E-state index in [1.54, 1.807) is 0 Å². The van der Waals surface area contributed by atoms with Gasteiger partial charge in [-0.1, -0.05) is 39.0 Å². The molecule has 1 unspecified atom stereocenters. The Labute approximate surface area is 178 Å². The Bertz CT molecular complexity index is 946. The predicted octanol–water partition coefficient (Wildman–Crippen LogP) is 3.51. The number of benzene rings is 1. The predicted molar refractivity (Wildman–Crippen MR) is 120 cm³/mol. The van der Waals surface area contributed by atoms with Crippen LogP contribution in [0.25, 0.3) is 10.9 Å². The van der Waals surface area contributed by atoms with Crippen LogP contribution in [0.5, 0.6) is 0 Å². The van der Waals surface area contributed by atoms with Gasteiger partial charge in [-0.05, 0) is 43.7 Å². The molecule has 1 aliphatic carbocycles. The molecule has 2 aliphatic rings. The Morgan fingerprint density at radius 2 is 1.93 bits per heavy atom. The molecular formula is C24H32N4O2. The van der Waals surface area contributed by atoms with Crippen LogP contribution in [0.15, 0.2) is 30.3 Å². The highest BCUT2D eigenvalue weighted by Gasteiger charge is 2.27. The molecule has 160 valence electrons. The van der Waals surface area contributed by atoms with Crippen molar-refractivity contribution in [1.82, 2.24) is 15.6 Å². The number of fused-ring (bicyclic) bond motifs is 1. The number of para-hydroxylation sites is 1. The second-order valence-electron chi connectivity index (χ2n) is 9.71. The van der Waals surface area contributed by atoms with Crippen LogP contribution in [-0.4, -0.2) is 42.5 Å². The first-order valence-electron chi connectivity index (χ1n) is 11.0. The van der Waals surface area contributed by atoms with E-state index in [1.807, 2.05) is 51.1 Å². The van der Waals surface area contributed by atoms with Crippen molar-refractivity contribution in [3.8, 4) is 0 Å². The Morgan fingerprint density at radius 3 is 2.67 bits per heavy atom. The van der Waals surface area contributed by atoms with Crippen molar-refractivity contribution < 1.29 is 9.59 Å². The summed E-state index contributed by atoms with van der Waals surface area (Å²) in [4.78, 5) is 32.2. The lowest BCUT2D eigenvalue weighted by molar-refractivity contribution is -0.128. The summed E-state index contributed by atoms with van der Waals surface area (Å²) in [5, 5.41) is 7.11. The molecule has 1 atom stereocenters. The summed E-state index contributed by atoms with van der Waals surface area (Å²) in [6.07, 6.45) is 4.27. The number of nitrogens with one attached hydrogen (secondary N) is 2. The van der Waals surface area contributed by atoms with Crippen molar-refractivity contribution in [3.05, 3.63) is 35.9 Å². The largest absolute Gasteiger partial charge is 0.356 e. The average Bonchev–Trinajstić information content (AvgIpc) is 3.54. The van der Waals surface area contributed by atoms with Crippen molar-refractivity contribution in [1.29, 1.82) is 0 Å². The van der Waals surface area contributed by atoms with Gasteiger partial charge in [-0.2, -0.15) is 0 Å². The van der Waals surface area contributed by atoms with Crippen LogP contribution < -0.4 is 15.5 Å². The number of aromatic nitrogens is 1. The lowest BCUT2D eigenvalue weighted by Gasteiger charge is -2.34. The standard InChI is InChI=1S/C24H32N4O2/c1-24(2,3)23(30)25-14-16-7-6-12-28(15-16)21-13-19(22(29)26-17-10-11-17)18-8-4-5-9-20(18)27-21/h4-5,8-9,13,16-17H,6-7,10-12,14-15H2,1-3H3,(H,25,30)(H,26,29). The van der Waals surface area contributed by atoms with E-state index >= 15 is 0 Å². The zero-order chi connectivity index (χ0) is 21.3. The first-order valence-corrected chi connectivity index (χ1v) is 11.0. The quantitative estimate of drug-likeness (QED) is 0.794. The van der Waals surface area contributed by atoms with E-state index in [4.69, 9.17) is 4.98 Å². The molecule has 6 heteroatoms. The monoisotopic (exact) mass is 408 g/mol. The fraction of sp³-hybridized carbons (Fsp3) is 0.542. The number of carbonyl (C=O) groups is 2. The van der Waals surface area contributed by atoms with Gasteiger partial charge in [-0.3, -0.25) is 9.59 Å². The molecule has 4 rings (SSSR count). The van der Waals surface area contributed by atoms with E-state index in [1.165, 1.54) is 0 Å². The number of piperidine rings is 1. The smallest absolute Gasteiger partial charge is 0.252 e. The SMILES string of the molecule is CC(C)(C)C(=O)NCC1CCCN(c2cc(C(=O)NC3CC3)c3ccccc3n2)C1. The van der Waals surface area contributed by atoms with Gasteiger partial charge in [0.25, 0.3) is 5.91 Å². The summed E-state index contributed by atoms with van der Waals surface area (Å²) in [6, 6.07) is 10.1. The lowest BCUT2D eigenvalue weighted by atomic mass is 9.94. The van der Waals surface area contributed by atoms with Gasteiger partial charge in [-0.25, -0.2) is 4.98 Å². The van der Waals surface area contributed by atoms with E-state index in [-0.39, 0.29) is 17.2 Å². The van der Waals surface area contributed by atoms with Gasteiger partial charge in [0, 0.05) is 36.5 Å². The third-order valence-corrected chi connectivity index (χ3v) is 5.94. The second kappa shape index (κ2) is 8.25. The Morgan fingerprint density at radius 1 is 1.17 bits per heavy atom. The molecule has 30 heavy (non-hydrogen) atoms. The fourth-order valence-corrected chi connectivity index (χ4v) is 3.94. The van der Waals surface area contributed by atoms with Crippen LogP contribution in [0, 0.1) is 11.3 Å². The van der Waals surface area contributed by atoms with E-state index < -0.39 is 0 Å². The van der Waals surface area contributed by atoms with Crippen molar-refractivity contribution in [2.24, 2.45) is 11.3 Å². The van der Waals surface area contributed by atoms with E-state index in [2.05, 4.69) is 15.5 Å². The lowest BCUT2D eigenvalue weighted by Crippen LogP contribution is -2.43. The van der Waals surface area contributed by atoms with Gasteiger partial charge < -0.3 is 15.5 Å². The third-order valence-electron chi connectivity index (χ3n) is 5.94. The maximum atomic E-state index is 12.9. The highest BCUT2D eigenvalue weighted by atomic mass is 16.2. The molecule has 2 heterocycles. The van der Waals surface area contributed by atoms with Gasteiger partial charge >= 0.3 is 0 Å². The van der Waals surface area contributed by atoms with Crippen molar-refractivity contribution in [2.75, 3.05) is 24.5 Å². The number of amides is 2. The molecular weight excluding hydrogens is 376 g/mol. The maximum absolute atomic E-state index is 12.9. The zero-order valence-electron chi connectivity index (χ0n) is 18.2. The topological polar surface area (TPSA) is 74.3 Å². The molecule has 2 fully saturated rings. The summed E-state index contributed by atoms with van der Waals surface area (Å²) in [7, 11) is 0. The van der Waals surface area contributed by atoms with Crippen LogP contribution in [0.4, 0.5) is 5.82 Å². The normalized spacial score (nSPS) is 19.6. The van der Waals surface area contributed by atoms with Crippen molar-refractivity contribution in [2.45, 2.75) is 52.5 Å². The first-order chi connectivity index (χ1) is 14.3. The summed E-state index contributed by atoms with van der Waals surface area (Å²) < 4.78 is 0. The van der Waals surface area contributed by atoms with Crippen LogP contribution >= 0.6 is 0 Å². The molecule has 1 saturated carbocycles. The Balaban J connectivity index is 1.53. The number of pyridine rings is 1. The number of carbonyl (C=O) groups excluding carboxylic acids is 2. The minimum absolute atomic E-state index is 0.0108. The molecule has 2 N–H and O–H groups in total. The van der Waals surface area contributed by atoms with E-state index in [0.717, 1.165) is 55.5 Å². The molecule has 6 nitrogen and oxygen atoms in total. The minimum Gasteiger partial charge on any atom is -0.356 e.